The molecule has 0 spiro atoms. The summed E-state index contributed by atoms with van der Waals surface area (Å²) in [6.07, 6.45) is 3.49. The van der Waals surface area contributed by atoms with Crippen molar-refractivity contribution in [3.63, 3.8) is 0 Å². The van der Waals surface area contributed by atoms with Gasteiger partial charge < -0.3 is 10.5 Å². The fourth-order valence-corrected chi connectivity index (χ4v) is 6.91. The average molecular weight is 423 g/mol. The molecule has 0 aromatic heterocycles. The van der Waals surface area contributed by atoms with Crippen molar-refractivity contribution in [3.05, 3.63) is 28.8 Å². The molecule has 5 nitrogen and oxygen atoms in total. The summed E-state index contributed by atoms with van der Waals surface area (Å²) < 4.78 is 30.3. The maximum absolute atomic E-state index is 12.2. The van der Waals surface area contributed by atoms with E-state index in [-0.39, 0.29) is 47.8 Å². The zero-order chi connectivity index (χ0) is 16.9. The molecule has 0 bridgehead atoms. The van der Waals surface area contributed by atoms with E-state index in [0.29, 0.717) is 13.2 Å². The normalized spacial score (nSPS) is 28.8. The minimum Gasteiger partial charge on any atom is -0.494 e. The number of hydrogen-bond acceptors (Lipinski definition) is 5. The highest BCUT2D eigenvalue weighted by Crippen LogP contribution is 2.36. The molecule has 1 aromatic rings. The minimum atomic E-state index is -3.03. The Morgan fingerprint density at radius 1 is 1.19 bits per heavy atom. The number of ether oxygens (including phenoxy) is 1. The molecule has 3 atom stereocenters. The van der Waals surface area contributed by atoms with Gasteiger partial charge in [-0.25, -0.2) is 8.42 Å². The van der Waals surface area contributed by atoms with E-state index < -0.39 is 9.84 Å². The van der Waals surface area contributed by atoms with Crippen molar-refractivity contribution < 1.29 is 13.2 Å². The first-order valence-corrected chi connectivity index (χ1v) is 10.7. The van der Waals surface area contributed by atoms with Gasteiger partial charge in [0.2, 0.25) is 0 Å². The van der Waals surface area contributed by atoms with E-state index in [4.69, 9.17) is 10.5 Å². The molecule has 2 N–H and O–H groups in total. The molecule has 2 aliphatic heterocycles. The predicted molar refractivity (Wildman–Crippen MR) is 108 cm³/mol. The molecule has 1 aliphatic carbocycles. The number of sulfone groups is 1. The second-order valence-electron chi connectivity index (χ2n) is 7.40. The molecular weight excluding hydrogens is 395 g/mol. The van der Waals surface area contributed by atoms with Crippen LogP contribution < -0.4 is 10.5 Å². The highest BCUT2D eigenvalue weighted by molar-refractivity contribution is 7.92. The number of nitrogens with zero attached hydrogens (tertiary/aromatic N) is 1. The fourth-order valence-electron chi connectivity index (χ4n) is 4.62. The zero-order valence-electron chi connectivity index (χ0n) is 15.0. The zero-order valence-corrected chi connectivity index (χ0v) is 17.5. The van der Waals surface area contributed by atoms with Crippen LogP contribution in [0, 0.1) is 5.92 Å². The number of halogens is 2. The first-order valence-electron chi connectivity index (χ1n) is 8.95. The lowest BCUT2D eigenvalue weighted by Gasteiger charge is -2.21. The van der Waals surface area contributed by atoms with E-state index in [9.17, 15) is 8.42 Å². The number of fused-ring (bicyclic) bond motifs is 2. The monoisotopic (exact) mass is 422 g/mol. The summed E-state index contributed by atoms with van der Waals surface area (Å²) in [5.41, 5.74) is 10.1. The molecule has 8 heteroatoms. The molecule has 0 unspecified atom stereocenters. The largest absolute Gasteiger partial charge is 0.494 e. The van der Waals surface area contributed by atoms with Crippen LogP contribution in [-0.4, -0.2) is 50.1 Å². The number of rotatable bonds is 4. The molecule has 0 amide bonds. The van der Waals surface area contributed by atoms with Crippen molar-refractivity contribution >= 4 is 34.7 Å². The van der Waals surface area contributed by atoms with Gasteiger partial charge in [-0.2, -0.15) is 0 Å². The summed E-state index contributed by atoms with van der Waals surface area (Å²) >= 11 is 0. The topological polar surface area (TPSA) is 72.6 Å². The Balaban J connectivity index is 0.00000121. The standard InChI is InChI=1S/C18H26N2O3S.2ClH/c1-2-23-17-7-13-5-3-4-12(13)6-14(17)8-20-9-15-16(19)11-24(21,22)18(15)10-20;;/h6-7,15-16,18H,2-5,8-11,19H2,1H3;2*1H/t15-,16+,18-;;/m0../s1. The molecule has 0 radical (unpaired) electrons. The number of aryl methyl sites for hydroxylation is 2. The maximum atomic E-state index is 12.2. The van der Waals surface area contributed by atoms with E-state index in [1.165, 1.54) is 23.1 Å². The molecule has 26 heavy (non-hydrogen) atoms. The summed E-state index contributed by atoms with van der Waals surface area (Å²) in [6, 6.07) is 4.26. The van der Waals surface area contributed by atoms with Crippen molar-refractivity contribution in [1.82, 2.24) is 4.90 Å². The Bertz CT molecular complexity index is 757. The van der Waals surface area contributed by atoms with Gasteiger partial charge in [0.1, 0.15) is 5.75 Å². The van der Waals surface area contributed by atoms with Crippen LogP contribution >= 0.6 is 24.8 Å². The van der Waals surface area contributed by atoms with E-state index in [2.05, 4.69) is 17.0 Å². The van der Waals surface area contributed by atoms with Crippen molar-refractivity contribution in [2.45, 2.75) is 44.0 Å². The van der Waals surface area contributed by atoms with Crippen LogP contribution in [0.5, 0.6) is 5.75 Å². The van der Waals surface area contributed by atoms with Gasteiger partial charge in [0.25, 0.3) is 0 Å². The molecule has 2 saturated heterocycles. The first-order chi connectivity index (χ1) is 11.5. The van der Waals surface area contributed by atoms with E-state index in [0.717, 1.165) is 31.7 Å². The van der Waals surface area contributed by atoms with Gasteiger partial charge in [-0.15, -0.1) is 24.8 Å². The number of likely N-dealkylation sites (tertiary alicyclic amines) is 1. The Morgan fingerprint density at radius 2 is 1.88 bits per heavy atom. The number of hydrogen-bond donors (Lipinski definition) is 1. The van der Waals surface area contributed by atoms with E-state index in [1.54, 1.807) is 0 Å². The Morgan fingerprint density at radius 3 is 2.54 bits per heavy atom. The van der Waals surface area contributed by atoms with Gasteiger partial charge in [0, 0.05) is 37.2 Å². The van der Waals surface area contributed by atoms with Crippen molar-refractivity contribution in [3.8, 4) is 5.75 Å². The summed E-state index contributed by atoms with van der Waals surface area (Å²) in [5.74, 6) is 1.20. The molecular formula is C18H28Cl2N2O3S. The third kappa shape index (κ3) is 3.85. The van der Waals surface area contributed by atoms with Crippen LogP contribution in [0.2, 0.25) is 0 Å². The lowest BCUT2D eigenvalue weighted by atomic mass is 10.0. The van der Waals surface area contributed by atoms with Crippen molar-refractivity contribution in [1.29, 1.82) is 0 Å². The Hall–Kier alpha value is -0.530. The van der Waals surface area contributed by atoms with Gasteiger partial charge in [0.15, 0.2) is 9.84 Å². The molecule has 2 heterocycles. The van der Waals surface area contributed by atoms with Crippen LogP contribution in [0.1, 0.15) is 30.0 Å². The smallest absolute Gasteiger partial charge is 0.156 e. The maximum Gasteiger partial charge on any atom is 0.156 e. The molecule has 2 fully saturated rings. The number of nitrogens with two attached hydrogens (primary N) is 1. The van der Waals surface area contributed by atoms with Crippen LogP contribution in [0.4, 0.5) is 0 Å². The highest BCUT2D eigenvalue weighted by atomic mass is 35.5. The predicted octanol–water partition coefficient (Wildman–Crippen LogP) is 1.97. The molecule has 3 aliphatic rings. The lowest BCUT2D eigenvalue weighted by Crippen LogP contribution is -2.33. The van der Waals surface area contributed by atoms with Crippen LogP contribution in [0.3, 0.4) is 0 Å². The summed E-state index contributed by atoms with van der Waals surface area (Å²) in [7, 11) is -3.03. The van der Waals surface area contributed by atoms with Gasteiger partial charge >= 0.3 is 0 Å². The van der Waals surface area contributed by atoms with Crippen molar-refractivity contribution in [2.75, 3.05) is 25.4 Å². The number of benzene rings is 1. The SMILES string of the molecule is CCOc1cc2c(cc1CN1C[C@H]3[C@H](N)CS(=O)(=O)[C@H]3C1)CCC2.Cl.Cl. The second-order valence-corrected chi connectivity index (χ2v) is 9.67. The fraction of sp³-hybridized carbons (Fsp3) is 0.667. The Kier molecular flexibility index (Phi) is 6.89. The van der Waals surface area contributed by atoms with Gasteiger partial charge in [-0.05, 0) is 43.4 Å². The minimum absolute atomic E-state index is 0. The molecule has 1 aromatic carbocycles. The van der Waals surface area contributed by atoms with Gasteiger partial charge in [0.05, 0.1) is 17.6 Å². The summed E-state index contributed by atoms with van der Waals surface area (Å²) in [4.78, 5) is 2.24. The lowest BCUT2D eigenvalue weighted by molar-refractivity contribution is 0.291. The summed E-state index contributed by atoms with van der Waals surface area (Å²) in [6.45, 7) is 4.77. The third-order valence-corrected chi connectivity index (χ3v) is 8.06. The van der Waals surface area contributed by atoms with E-state index in [1.807, 2.05) is 6.92 Å². The van der Waals surface area contributed by atoms with Crippen LogP contribution in [-0.2, 0) is 29.2 Å². The molecule has 4 rings (SSSR count). The Labute approximate surface area is 168 Å². The average Bonchev–Trinajstić information content (AvgIpc) is 3.18. The van der Waals surface area contributed by atoms with Crippen molar-refractivity contribution in [2.24, 2.45) is 11.7 Å². The molecule has 148 valence electrons. The second kappa shape index (κ2) is 8.23. The van der Waals surface area contributed by atoms with Gasteiger partial charge in [-0.3, -0.25) is 4.90 Å². The van der Waals surface area contributed by atoms with Gasteiger partial charge in [-0.1, -0.05) is 6.07 Å². The highest BCUT2D eigenvalue weighted by Gasteiger charge is 2.50. The first kappa shape index (κ1) is 21.8. The van der Waals surface area contributed by atoms with E-state index >= 15 is 0 Å². The third-order valence-electron chi connectivity index (χ3n) is 5.79. The van der Waals surface area contributed by atoms with Crippen LogP contribution in [0.25, 0.3) is 0 Å². The molecule has 0 saturated carbocycles. The quantitative estimate of drug-likeness (QED) is 0.802. The van der Waals surface area contributed by atoms with Crippen LogP contribution in [0.15, 0.2) is 12.1 Å². The summed E-state index contributed by atoms with van der Waals surface area (Å²) in [5, 5.41) is -0.280.